The number of nitrogens with one attached hydrogen (secondary N) is 1. The van der Waals surface area contributed by atoms with Gasteiger partial charge in [-0.15, -0.1) is 0 Å². The molecule has 1 aliphatic heterocycles. The Kier molecular flexibility index (Phi) is 4.43. The van der Waals surface area contributed by atoms with Gasteiger partial charge in [-0.05, 0) is 38.9 Å². The van der Waals surface area contributed by atoms with Crippen LogP contribution in [-0.2, 0) is 7.05 Å². The summed E-state index contributed by atoms with van der Waals surface area (Å²) in [5.74, 6) is -0.233. The smallest absolute Gasteiger partial charge is 0.274 e. The number of amides is 1. The van der Waals surface area contributed by atoms with Crippen LogP contribution in [0.3, 0.4) is 0 Å². The highest BCUT2D eigenvalue weighted by atomic mass is 16.2. The molecule has 0 unspecified atom stereocenters. The minimum atomic E-state index is -0.233. The maximum absolute atomic E-state index is 12.5. The van der Waals surface area contributed by atoms with Gasteiger partial charge in [0.05, 0.1) is 5.39 Å². The summed E-state index contributed by atoms with van der Waals surface area (Å²) in [5.41, 5.74) is 0.110. The molecule has 0 bridgehead atoms. The molecule has 1 atom stereocenters. The van der Waals surface area contributed by atoms with E-state index in [9.17, 15) is 9.59 Å². The SMILES string of the molecule is C[C@@H](CNC(=O)c1nn(C)c(=O)c2ccccc12)N1CCCC1. The number of hydrogen-bond donors (Lipinski definition) is 1. The zero-order chi connectivity index (χ0) is 16.4. The van der Waals surface area contributed by atoms with E-state index in [1.165, 1.54) is 17.5 Å². The number of carbonyl (C=O) groups excluding carboxylic acids is 1. The maximum atomic E-state index is 12.5. The van der Waals surface area contributed by atoms with Gasteiger partial charge in [-0.2, -0.15) is 5.10 Å². The highest BCUT2D eigenvalue weighted by Gasteiger charge is 2.20. The largest absolute Gasteiger partial charge is 0.349 e. The van der Waals surface area contributed by atoms with Crippen LogP contribution in [0.4, 0.5) is 0 Å². The lowest BCUT2D eigenvalue weighted by Gasteiger charge is -2.23. The Morgan fingerprint density at radius 2 is 1.91 bits per heavy atom. The Balaban J connectivity index is 1.81. The first kappa shape index (κ1) is 15.7. The van der Waals surface area contributed by atoms with Crippen LogP contribution in [0.5, 0.6) is 0 Å². The van der Waals surface area contributed by atoms with E-state index in [4.69, 9.17) is 0 Å². The van der Waals surface area contributed by atoms with Crippen LogP contribution in [0.2, 0.25) is 0 Å². The maximum Gasteiger partial charge on any atom is 0.274 e. The molecule has 1 aromatic carbocycles. The molecule has 0 saturated carbocycles. The Bertz CT molecular complexity index is 778. The minimum absolute atomic E-state index is 0.192. The molecule has 122 valence electrons. The summed E-state index contributed by atoms with van der Waals surface area (Å²) in [6.45, 7) is 4.89. The third-order valence-corrected chi connectivity index (χ3v) is 4.49. The van der Waals surface area contributed by atoms with Gasteiger partial charge < -0.3 is 5.32 Å². The van der Waals surface area contributed by atoms with Crippen molar-refractivity contribution < 1.29 is 4.79 Å². The van der Waals surface area contributed by atoms with E-state index in [-0.39, 0.29) is 11.5 Å². The van der Waals surface area contributed by atoms with Crippen molar-refractivity contribution in [2.75, 3.05) is 19.6 Å². The summed E-state index contributed by atoms with van der Waals surface area (Å²) in [5, 5.41) is 8.23. The average Bonchev–Trinajstić information content (AvgIpc) is 3.10. The minimum Gasteiger partial charge on any atom is -0.349 e. The number of likely N-dealkylation sites (tertiary alicyclic amines) is 1. The molecule has 2 heterocycles. The molecule has 1 saturated heterocycles. The van der Waals surface area contributed by atoms with Crippen molar-refractivity contribution in [3.05, 3.63) is 40.3 Å². The van der Waals surface area contributed by atoms with Gasteiger partial charge in [0, 0.05) is 25.0 Å². The predicted octanol–water partition coefficient (Wildman–Crippen LogP) is 1.15. The monoisotopic (exact) mass is 314 g/mol. The van der Waals surface area contributed by atoms with Gasteiger partial charge in [-0.1, -0.05) is 18.2 Å². The Hall–Kier alpha value is -2.21. The van der Waals surface area contributed by atoms with Gasteiger partial charge in [0.15, 0.2) is 5.69 Å². The van der Waals surface area contributed by atoms with Gasteiger partial charge in [-0.25, -0.2) is 4.68 Å². The van der Waals surface area contributed by atoms with E-state index in [0.717, 1.165) is 13.1 Å². The Morgan fingerprint density at radius 3 is 2.61 bits per heavy atom. The van der Waals surface area contributed by atoms with Crippen molar-refractivity contribution in [1.82, 2.24) is 20.0 Å². The molecule has 0 aliphatic carbocycles. The van der Waals surface area contributed by atoms with Crippen LogP contribution < -0.4 is 10.9 Å². The Morgan fingerprint density at radius 1 is 1.26 bits per heavy atom. The number of fused-ring (bicyclic) bond motifs is 1. The third kappa shape index (κ3) is 3.12. The molecule has 1 N–H and O–H groups in total. The fourth-order valence-electron chi connectivity index (χ4n) is 3.10. The molecular weight excluding hydrogens is 292 g/mol. The first-order chi connectivity index (χ1) is 11.1. The molecule has 0 radical (unpaired) electrons. The van der Waals surface area contributed by atoms with Crippen molar-refractivity contribution in [3.8, 4) is 0 Å². The molecule has 3 rings (SSSR count). The summed E-state index contributed by atoms with van der Waals surface area (Å²) >= 11 is 0. The van der Waals surface area contributed by atoms with Crippen LogP contribution in [0.1, 0.15) is 30.3 Å². The van der Waals surface area contributed by atoms with Crippen LogP contribution in [0, 0.1) is 0 Å². The van der Waals surface area contributed by atoms with Gasteiger partial charge in [-0.3, -0.25) is 14.5 Å². The normalized spacial score (nSPS) is 16.6. The molecule has 1 aromatic heterocycles. The van der Waals surface area contributed by atoms with E-state index in [1.807, 2.05) is 6.07 Å². The number of hydrogen-bond acceptors (Lipinski definition) is 4. The summed E-state index contributed by atoms with van der Waals surface area (Å²) in [6, 6.07) is 7.40. The molecule has 2 aromatic rings. The van der Waals surface area contributed by atoms with Gasteiger partial charge in [0.25, 0.3) is 11.5 Å². The van der Waals surface area contributed by atoms with E-state index >= 15 is 0 Å². The molecule has 1 aliphatic rings. The quantitative estimate of drug-likeness (QED) is 0.919. The fraction of sp³-hybridized carbons (Fsp3) is 0.471. The fourth-order valence-corrected chi connectivity index (χ4v) is 3.10. The molecule has 0 spiro atoms. The van der Waals surface area contributed by atoms with Crippen molar-refractivity contribution >= 4 is 16.7 Å². The lowest BCUT2D eigenvalue weighted by molar-refractivity contribution is 0.0935. The summed E-state index contributed by atoms with van der Waals surface area (Å²) in [7, 11) is 1.57. The molecule has 1 fully saturated rings. The topological polar surface area (TPSA) is 67.2 Å². The van der Waals surface area contributed by atoms with Crippen molar-refractivity contribution in [3.63, 3.8) is 0 Å². The first-order valence-corrected chi connectivity index (χ1v) is 8.06. The zero-order valence-electron chi connectivity index (χ0n) is 13.6. The van der Waals surface area contributed by atoms with E-state index in [1.54, 1.807) is 25.2 Å². The van der Waals surface area contributed by atoms with Crippen LogP contribution >= 0.6 is 0 Å². The Labute approximate surface area is 135 Å². The van der Waals surface area contributed by atoms with E-state index < -0.39 is 0 Å². The number of rotatable bonds is 4. The van der Waals surface area contributed by atoms with Gasteiger partial charge in [0.2, 0.25) is 0 Å². The van der Waals surface area contributed by atoms with E-state index in [0.29, 0.717) is 29.1 Å². The highest BCUT2D eigenvalue weighted by molar-refractivity contribution is 6.04. The molecule has 6 heteroatoms. The second-order valence-corrected chi connectivity index (χ2v) is 6.13. The van der Waals surface area contributed by atoms with Crippen molar-refractivity contribution in [1.29, 1.82) is 0 Å². The van der Waals surface area contributed by atoms with Crippen LogP contribution in [0.25, 0.3) is 10.8 Å². The first-order valence-electron chi connectivity index (χ1n) is 8.06. The number of nitrogens with zero attached hydrogens (tertiary/aromatic N) is 3. The third-order valence-electron chi connectivity index (χ3n) is 4.49. The van der Waals surface area contributed by atoms with Crippen molar-refractivity contribution in [2.45, 2.75) is 25.8 Å². The predicted molar refractivity (Wildman–Crippen MR) is 89.6 cm³/mol. The summed E-state index contributed by atoms with van der Waals surface area (Å²) < 4.78 is 1.22. The number of carbonyl (C=O) groups is 1. The standard InChI is InChI=1S/C17H22N4O2/c1-12(21-9-5-6-10-21)11-18-16(22)15-13-7-3-4-8-14(13)17(23)20(2)19-15/h3-4,7-8,12H,5-6,9-11H2,1-2H3,(H,18,22)/t12-/m0/s1. The summed E-state index contributed by atoms with van der Waals surface area (Å²) in [4.78, 5) is 27.0. The average molecular weight is 314 g/mol. The van der Waals surface area contributed by atoms with Crippen LogP contribution in [-0.4, -0.2) is 46.3 Å². The van der Waals surface area contributed by atoms with E-state index in [2.05, 4.69) is 22.2 Å². The van der Waals surface area contributed by atoms with Gasteiger partial charge >= 0.3 is 0 Å². The number of benzene rings is 1. The second-order valence-electron chi connectivity index (χ2n) is 6.13. The van der Waals surface area contributed by atoms with Crippen molar-refractivity contribution in [2.24, 2.45) is 7.05 Å². The number of aromatic nitrogens is 2. The lowest BCUT2D eigenvalue weighted by atomic mass is 10.1. The van der Waals surface area contributed by atoms with Gasteiger partial charge in [0.1, 0.15) is 0 Å². The zero-order valence-corrected chi connectivity index (χ0v) is 13.6. The number of aryl methyl sites for hydroxylation is 1. The molecular formula is C17H22N4O2. The molecule has 6 nitrogen and oxygen atoms in total. The lowest BCUT2D eigenvalue weighted by Crippen LogP contribution is -2.41. The molecule has 23 heavy (non-hydrogen) atoms. The highest BCUT2D eigenvalue weighted by Crippen LogP contribution is 2.14. The van der Waals surface area contributed by atoms with Crippen LogP contribution in [0.15, 0.2) is 29.1 Å². The summed E-state index contributed by atoms with van der Waals surface area (Å²) in [6.07, 6.45) is 2.45. The molecule has 1 amide bonds. The second kappa shape index (κ2) is 6.50.